The highest BCUT2D eigenvalue weighted by Gasteiger charge is 2.43. The fourth-order valence-corrected chi connectivity index (χ4v) is 4.35. The van der Waals surface area contributed by atoms with Gasteiger partial charge in [-0.05, 0) is 31.8 Å². The largest absolute Gasteiger partial charge is 0.497 e. The Balaban J connectivity index is 1.66. The number of carbonyl (C=O) groups is 1. The zero-order valence-electron chi connectivity index (χ0n) is 13.2. The van der Waals surface area contributed by atoms with Crippen LogP contribution in [0.15, 0.2) is 12.3 Å². The lowest BCUT2D eigenvalue weighted by Crippen LogP contribution is -2.64. The third-order valence-corrected chi connectivity index (χ3v) is 5.38. The van der Waals surface area contributed by atoms with Crippen LogP contribution in [0.1, 0.15) is 51.9 Å². The fraction of sp³-hybridized carbons (Fsp3) is 0.824. The summed E-state index contributed by atoms with van der Waals surface area (Å²) in [6.45, 7) is 5.66. The molecule has 3 rings (SSSR count). The number of hydrogen-bond acceptors (Lipinski definition) is 3. The average Bonchev–Trinajstić information content (AvgIpc) is 2.49. The molecule has 21 heavy (non-hydrogen) atoms. The number of rotatable bonds is 2. The zero-order valence-corrected chi connectivity index (χ0v) is 13.2. The minimum Gasteiger partial charge on any atom is -0.497 e. The van der Waals surface area contributed by atoms with Gasteiger partial charge in [0, 0.05) is 33.1 Å². The van der Waals surface area contributed by atoms with Crippen LogP contribution in [0.4, 0.5) is 0 Å². The van der Waals surface area contributed by atoms with Crippen LogP contribution in [0.5, 0.6) is 0 Å². The van der Waals surface area contributed by atoms with E-state index in [1.165, 1.54) is 32.1 Å². The molecule has 2 fully saturated rings. The topological polar surface area (TPSA) is 32.8 Å². The van der Waals surface area contributed by atoms with Crippen LogP contribution in [0.3, 0.4) is 0 Å². The third-order valence-electron chi connectivity index (χ3n) is 5.38. The van der Waals surface area contributed by atoms with Crippen LogP contribution in [0.25, 0.3) is 0 Å². The van der Waals surface area contributed by atoms with Crippen molar-refractivity contribution < 1.29 is 9.53 Å². The van der Waals surface area contributed by atoms with E-state index in [4.69, 9.17) is 4.74 Å². The van der Waals surface area contributed by atoms with Crippen molar-refractivity contribution in [3.05, 3.63) is 12.3 Å². The van der Waals surface area contributed by atoms with Gasteiger partial charge in [0.2, 0.25) is 5.91 Å². The normalized spacial score (nSPS) is 29.4. The Hall–Kier alpha value is -1.03. The quantitative estimate of drug-likeness (QED) is 0.784. The highest BCUT2D eigenvalue weighted by molar-refractivity contribution is 5.74. The smallest absolute Gasteiger partial charge is 0.219 e. The Morgan fingerprint density at radius 3 is 2.76 bits per heavy atom. The van der Waals surface area contributed by atoms with Crippen LogP contribution in [0, 0.1) is 0 Å². The van der Waals surface area contributed by atoms with Crippen molar-refractivity contribution in [2.45, 2.75) is 63.5 Å². The molecule has 4 nitrogen and oxygen atoms in total. The van der Waals surface area contributed by atoms with Crippen LogP contribution in [-0.2, 0) is 9.53 Å². The van der Waals surface area contributed by atoms with Gasteiger partial charge in [0.15, 0.2) is 0 Å². The van der Waals surface area contributed by atoms with Gasteiger partial charge in [-0.2, -0.15) is 0 Å². The van der Waals surface area contributed by atoms with Crippen LogP contribution >= 0.6 is 0 Å². The summed E-state index contributed by atoms with van der Waals surface area (Å²) >= 11 is 0. The second kappa shape index (κ2) is 6.39. The van der Waals surface area contributed by atoms with E-state index in [0.29, 0.717) is 6.10 Å². The van der Waals surface area contributed by atoms with Crippen LogP contribution in [0.2, 0.25) is 0 Å². The summed E-state index contributed by atoms with van der Waals surface area (Å²) < 4.78 is 5.73. The predicted molar refractivity (Wildman–Crippen MR) is 82.9 cm³/mol. The lowest BCUT2D eigenvalue weighted by atomic mass is 9.78. The number of nitrogens with zero attached hydrogens (tertiary/aromatic N) is 2. The van der Waals surface area contributed by atoms with E-state index in [9.17, 15) is 4.79 Å². The molecule has 1 aliphatic carbocycles. The maximum absolute atomic E-state index is 12.0. The molecule has 1 saturated carbocycles. The third kappa shape index (κ3) is 3.25. The van der Waals surface area contributed by atoms with Gasteiger partial charge < -0.3 is 9.64 Å². The second-order valence-electron chi connectivity index (χ2n) is 6.90. The summed E-state index contributed by atoms with van der Waals surface area (Å²) in [5.74, 6) is 0.258. The highest BCUT2D eigenvalue weighted by Crippen LogP contribution is 2.36. The molecule has 118 valence electrons. The van der Waals surface area contributed by atoms with E-state index in [0.717, 1.165) is 39.0 Å². The molecule has 1 atom stereocenters. The van der Waals surface area contributed by atoms with Crippen LogP contribution in [-0.4, -0.2) is 53.5 Å². The van der Waals surface area contributed by atoms with Crippen molar-refractivity contribution in [2.24, 2.45) is 0 Å². The molecule has 0 aromatic rings. The fourth-order valence-electron chi connectivity index (χ4n) is 4.35. The molecule has 0 radical (unpaired) electrons. The number of hydrogen-bond donors (Lipinski definition) is 0. The molecule has 4 heteroatoms. The molecule has 1 saturated heterocycles. The predicted octanol–water partition coefficient (Wildman–Crippen LogP) is 2.55. The first-order valence-electron chi connectivity index (χ1n) is 8.51. The van der Waals surface area contributed by atoms with E-state index < -0.39 is 0 Å². The first kappa shape index (κ1) is 14.9. The van der Waals surface area contributed by atoms with E-state index in [2.05, 4.69) is 15.9 Å². The van der Waals surface area contributed by atoms with Crippen molar-refractivity contribution in [3.8, 4) is 0 Å². The number of amides is 1. The van der Waals surface area contributed by atoms with Crippen molar-refractivity contribution in [1.29, 1.82) is 0 Å². The standard InChI is InChI=1S/C17H28N2O2/c1-15(20)19-11-10-18(13-16-7-3-6-12-21-16)14-17(19)8-4-2-5-9-17/h6,12,16H,2-5,7-11,13-14H2,1H3/t16-/m1/s1. The molecule has 0 aromatic heterocycles. The Morgan fingerprint density at radius 2 is 2.10 bits per heavy atom. The van der Waals surface area contributed by atoms with Gasteiger partial charge in [0.1, 0.15) is 6.10 Å². The SMILES string of the molecule is CC(=O)N1CCN(C[C@H]2CCC=CO2)CC12CCCCC2. The Kier molecular flexibility index (Phi) is 4.53. The number of ether oxygens (including phenoxy) is 1. The van der Waals surface area contributed by atoms with Crippen LogP contribution < -0.4 is 0 Å². The van der Waals surface area contributed by atoms with Crippen molar-refractivity contribution >= 4 is 5.91 Å². The summed E-state index contributed by atoms with van der Waals surface area (Å²) in [7, 11) is 0. The summed E-state index contributed by atoms with van der Waals surface area (Å²) in [6.07, 6.45) is 12.7. The first-order valence-corrected chi connectivity index (χ1v) is 8.51. The Morgan fingerprint density at radius 1 is 1.29 bits per heavy atom. The van der Waals surface area contributed by atoms with E-state index in [1.807, 2.05) is 6.26 Å². The maximum Gasteiger partial charge on any atom is 0.219 e. The first-order chi connectivity index (χ1) is 10.2. The maximum atomic E-state index is 12.0. The molecule has 1 spiro atoms. The molecule has 2 aliphatic heterocycles. The number of piperazine rings is 1. The minimum absolute atomic E-state index is 0.104. The van der Waals surface area contributed by atoms with Crippen molar-refractivity contribution in [3.63, 3.8) is 0 Å². The van der Waals surface area contributed by atoms with Gasteiger partial charge in [-0.1, -0.05) is 19.3 Å². The highest BCUT2D eigenvalue weighted by atomic mass is 16.5. The lowest BCUT2D eigenvalue weighted by molar-refractivity contribution is -0.142. The summed E-state index contributed by atoms with van der Waals surface area (Å²) in [4.78, 5) is 16.7. The molecular formula is C17H28N2O2. The molecular weight excluding hydrogens is 264 g/mol. The molecule has 2 heterocycles. The van der Waals surface area contributed by atoms with Crippen molar-refractivity contribution in [1.82, 2.24) is 9.80 Å². The molecule has 0 N–H and O–H groups in total. The summed E-state index contributed by atoms with van der Waals surface area (Å²) in [5.41, 5.74) is 0.104. The van der Waals surface area contributed by atoms with Gasteiger partial charge in [-0.15, -0.1) is 0 Å². The Labute approximate surface area is 128 Å². The van der Waals surface area contributed by atoms with Gasteiger partial charge in [-0.25, -0.2) is 0 Å². The Bertz CT molecular complexity index is 402. The molecule has 0 unspecified atom stereocenters. The molecule has 3 aliphatic rings. The molecule has 0 bridgehead atoms. The van der Waals surface area contributed by atoms with Gasteiger partial charge in [0.05, 0.1) is 11.8 Å². The molecule has 1 amide bonds. The average molecular weight is 292 g/mol. The number of allylic oxidation sites excluding steroid dienone is 1. The van der Waals surface area contributed by atoms with Gasteiger partial charge >= 0.3 is 0 Å². The lowest BCUT2D eigenvalue weighted by Gasteiger charge is -2.53. The number of carbonyl (C=O) groups excluding carboxylic acids is 1. The van der Waals surface area contributed by atoms with E-state index in [1.54, 1.807) is 6.92 Å². The monoisotopic (exact) mass is 292 g/mol. The van der Waals surface area contributed by atoms with Gasteiger partial charge in [0.25, 0.3) is 0 Å². The van der Waals surface area contributed by atoms with Gasteiger partial charge in [-0.3, -0.25) is 9.69 Å². The zero-order chi connectivity index (χ0) is 14.7. The van der Waals surface area contributed by atoms with Crippen molar-refractivity contribution in [2.75, 3.05) is 26.2 Å². The van der Waals surface area contributed by atoms with E-state index >= 15 is 0 Å². The van der Waals surface area contributed by atoms with E-state index in [-0.39, 0.29) is 11.4 Å². The second-order valence-corrected chi connectivity index (χ2v) is 6.90. The summed E-state index contributed by atoms with van der Waals surface area (Å²) in [6, 6.07) is 0. The minimum atomic E-state index is 0.104. The summed E-state index contributed by atoms with van der Waals surface area (Å²) in [5, 5.41) is 0. The molecule has 0 aromatic carbocycles.